The Balaban J connectivity index is 2.98. The molecule has 1 aromatic heterocycles. The summed E-state index contributed by atoms with van der Waals surface area (Å²) in [6, 6.07) is -0.0407. The highest BCUT2D eigenvalue weighted by Crippen LogP contribution is 2.22. The van der Waals surface area contributed by atoms with Crippen LogP contribution in [-0.4, -0.2) is 46.8 Å². The molecule has 0 aliphatic carbocycles. The van der Waals surface area contributed by atoms with Crippen LogP contribution >= 0.6 is 0 Å². The second kappa shape index (κ2) is 6.14. The van der Waals surface area contributed by atoms with Crippen molar-refractivity contribution >= 4 is 0 Å². The standard InChI is InChI=1S/C12H24N4O/c1-9(2)12(6-15(3)4)16-8-14-5-11(16)10(13)7-17/h5,8-10,12,17H,6-7,13H2,1-4H3. The van der Waals surface area contributed by atoms with E-state index in [0.29, 0.717) is 12.0 Å². The van der Waals surface area contributed by atoms with Gasteiger partial charge in [-0.15, -0.1) is 0 Å². The minimum atomic E-state index is -0.360. The molecule has 0 aliphatic heterocycles. The van der Waals surface area contributed by atoms with E-state index < -0.39 is 0 Å². The van der Waals surface area contributed by atoms with Crippen molar-refractivity contribution in [3.8, 4) is 0 Å². The highest BCUT2D eigenvalue weighted by Gasteiger charge is 2.21. The Morgan fingerprint density at radius 1 is 1.47 bits per heavy atom. The van der Waals surface area contributed by atoms with Crippen molar-refractivity contribution in [2.45, 2.75) is 25.9 Å². The number of nitrogens with two attached hydrogens (primary N) is 1. The molecule has 5 heteroatoms. The van der Waals surface area contributed by atoms with Crippen LogP contribution in [0.25, 0.3) is 0 Å². The lowest BCUT2D eigenvalue weighted by Crippen LogP contribution is -2.30. The molecule has 0 bridgehead atoms. The average Bonchev–Trinajstić information content (AvgIpc) is 2.72. The van der Waals surface area contributed by atoms with Crippen LogP contribution in [0.2, 0.25) is 0 Å². The van der Waals surface area contributed by atoms with Gasteiger partial charge in [0.1, 0.15) is 0 Å². The van der Waals surface area contributed by atoms with E-state index in [9.17, 15) is 0 Å². The van der Waals surface area contributed by atoms with Gasteiger partial charge in [-0.3, -0.25) is 0 Å². The third-order valence-corrected chi connectivity index (χ3v) is 2.95. The summed E-state index contributed by atoms with van der Waals surface area (Å²) in [7, 11) is 4.11. The zero-order chi connectivity index (χ0) is 13.0. The zero-order valence-corrected chi connectivity index (χ0v) is 11.2. The second-order valence-corrected chi connectivity index (χ2v) is 5.09. The van der Waals surface area contributed by atoms with Gasteiger partial charge in [-0.25, -0.2) is 4.98 Å². The summed E-state index contributed by atoms with van der Waals surface area (Å²) in [4.78, 5) is 6.31. The SMILES string of the molecule is CC(C)C(CN(C)C)n1cncc1C(N)CO. The fourth-order valence-corrected chi connectivity index (χ4v) is 1.97. The maximum atomic E-state index is 9.16. The first kappa shape index (κ1) is 14.2. The van der Waals surface area contributed by atoms with Crippen LogP contribution in [0.15, 0.2) is 12.5 Å². The lowest BCUT2D eigenvalue weighted by atomic mass is 10.0. The summed E-state index contributed by atoms with van der Waals surface area (Å²) >= 11 is 0. The van der Waals surface area contributed by atoms with E-state index >= 15 is 0 Å². The summed E-state index contributed by atoms with van der Waals surface area (Å²) in [6.07, 6.45) is 3.55. The molecule has 0 radical (unpaired) electrons. The van der Waals surface area contributed by atoms with Gasteiger partial charge in [0.15, 0.2) is 0 Å². The Bertz CT molecular complexity index is 335. The number of rotatable bonds is 6. The number of aliphatic hydroxyl groups is 1. The van der Waals surface area contributed by atoms with E-state index in [0.717, 1.165) is 12.2 Å². The fourth-order valence-electron chi connectivity index (χ4n) is 1.97. The van der Waals surface area contributed by atoms with E-state index in [1.807, 2.05) is 0 Å². The minimum absolute atomic E-state index is 0.0571. The molecule has 0 saturated carbocycles. The Hall–Kier alpha value is -0.910. The molecule has 0 saturated heterocycles. The van der Waals surface area contributed by atoms with Crippen molar-refractivity contribution in [2.24, 2.45) is 11.7 Å². The van der Waals surface area contributed by atoms with Crippen LogP contribution < -0.4 is 5.73 Å². The molecule has 5 nitrogen and oxygen atoms in total. The van der Waals surface area contributed by atoms with Gasteiger partial charge < -0.3 is 20.3 Å². The molecule has 1 rings (SSSR count). The molecule has 0 spiro atoms. The maximum Gasteiger partial charge on any atom is 0.0951 e. The highest BCUT2D eigenvalue weighted by atomic mass is 16.3. The van der Waals surface area contributed by atoms with Crippen LogP contribution in [-0.2, 0) is 0 Å². The van der Waals surface area contributed by atoms with Crippen molar-refractivity contribution in [3.05, 3.63) is 18.2 Å². The predicted octanol–water partition coefficient (Wildman–Crippen LogP) is 0.634. The van der Waals surface area contributed by atoms with E-state index in [2.05, 4.69) is 42.4 Å². The molecular formula is C12H24N4O. The second-order valence-electron chi connectivity index (χ2n) is 5.09. The van der Waals surface area contributed by atoms with Crippen molar-refractivity contribution in [1.82, 2.24) is 14.5 Å². The van der Waals surface area contributed by atoms with Gasteiger partial charge in [0.05, 0.1) is 24.7 Å². The third kappa shape index (κ3) is 3.52. The van der Waals surface area contributed by atoms with Crippen LogP contribution in [0.4, 0.5) is 0 Å². The first-order valence-corrected chi connectivity index (χ1v) is 6.00. The number of aromatic nitrogens is 2. The molecule has 3 N–H and O–H groups in total. The van der Waals surface area contributed by atoms with Gasteiger partial charge in [-0.2, -0.15) is 0 Å². The van der Waals surface area contributed by atoms with E-state index in [-0.39, 0.29) is 12.6 Å². The van der Waals surface area contributed by atoms with Gasteiger partial charge >= 0.3 is 0 Å². The summed E-state index contributed by atoms with van der Waals surface area (Å²) in [6.45, 7) is 5.24. The normalized spacial score (nSPS) is 15.5. The number of likely N-dealkylation sites (N-methyl/N-ethyl adjacent to an activating group) is 1. The Morgan fingerprint density at radius 3 is 2.59 bits per heavy atom. The van der Waals surface area contributed by atoms with Gasteiger partial charge in [-0.1, -0.05) is 13.8 Å². The first-order valence-electron chi connectivity index (χ1n) is 6.00. The minimum Gasteiger partial charge on any atom is -0.394 e. The van der Waals surface area contributed by atoms with Crippen LogP contribution in [0.5, 0.6) is 0 Å². The summed E-state index contributed by atoms with van der Waals surface area (Å²) in [5.41, 5.74) is 6.78. The molecule has 0 aliphatic rings. The van der Waals surface area contributed by atoms with E-state index in [4.69, 9.17) is 10.8 Å². The van der Waals surface area contributed by atoms with Gasteiger partial charge in [0.2, 0.25) is 0 Å². The van der Waals surface area contributed by atoms with Crippen molar-refractivity contribution in [2.75, 3.05) is 27.2 Å². The zero-order valence-electron chi connectivity index (χ0n) is 11.2. The lowest BCUT2D eigenvalue weighted by molar-refractivity contribution is 0.240. The van der Waals surface area contributed by atoms with Crippen molar-refractivity contribution < 1.29 is 5.11 Å². The van der Waals surface area contributed by atoms with E-state index in [1.54, 1.807) is 12.5 Å². The maximum absolute atomic E-state index is 9.16. The number of hydrogen-bond acceptors (Lipinski definition) is 4. The Labute approximate surface area is 103 Å². The van der Waals surface area contributed by atoms with Crippen LogP contribution in [0.3, 0.4) is 0 Å². The van der Waals surface area contributed by atoms with Crippen LogP contribution in [0, 0.1) is 5.92 Å². The predicted molar refractivity (Wildman–Crippen MR) is 68.7 cm³/mol. The monoisotopic (exact) mass is 240 g/mol. The highest BCUT2D eigenvalue weighted by molar-refractivity contribution is 5.06. The van der Waals surface area contributed by atoms with Crippen molar-refractivity contribution in [3.63, 3.8) is 0 Å². The summed E-state index contributed by atoms with van der Waals surface area (Å²) in [5, 5.41) is 9.16. The van der Waals surface area contributed by atoms with E-state index in [1.165, 1.54) is 0 Å². The number of aliphatic hydroxyl groups excluding tert-OH is 1. The number of hydrogen-bond donors (Lipinski definition) is 2. The summed E-state index contributed by atoms with van der Waals surface area (Å²) in [5.74, 6) is 0.483. The quantitative estimate of drug-likeness (QED) is 0.765. The number of imidazole rings is 1. The Kier molecular flexibility index (Phi) is 5.11. The largest absolute Gasteiger partial charge is 0.394 e. The van der Waals surface area contributed by atoms with Crippen molar-refractivity contribution in [1.29, 1.82) is 0 Å². The van der Waals surface area contributed by atoms with Gasteiger partial charge in [0.25, 0.3) is 0 Å². The van der Waals surface area contributed by atoms with Gasteiger partial charge in [-0.05, 0) is 20.0 Å². The molecule has 0 fully saturated rings. The third-order valence-electron chi connectivity index (χ3n) is 2.95. The number of nitrogens with zero attached hydrogens (tertiary/aromatic N) is 3. The fraction of sp³-hybridized carbons (Fsp3) is 0.750. The molecule has 2 atom stereocenters. The first-order chi connectivity index (χ1) is 7.97. The van der Waals surface area contributed by atoms with Crippen LogP contribution in [0.1, 0.15) is 31.6 Å². The average molecular weight is 240 g/mol. The lowest BCUT2D eigenvalue weighted by Gasteiger charge is -2.28. The Morgan fingerprint density at radius 2 is 2.12 bits per heavy atom. The molecule has 98 valence electrons. The molecule has 1 heterocycles. The van der Waals surface area contributed by atoms with Gasteiger partial charge in [0, 0.05) is 18.8 Å². The molecule has 17 heavy (non-hydrogen) atoms. The molecule has 2 unspecified atom stereocenters. The molecular weight excluding hydrogens is 216 g/mol. The molecule has 0 aromatic carbocycles. The molecule has 0 amide bonds. The smallest absolute Gasteiger partial charge is 0.0951 e. The summed E-state index contributed by atoms with van der Waals surface area (Å²) < 4.78 is 2.09. The molecule has 1 aromatic rings. The topological polar surface area (TPSA) is 67.3 Å².